The summed E-state index contributed by atoms with van der Waals surface area (Å²) in [5.74, 6) is 1.14. The van der Waals surface area contributed by atoms with Gasteiger partial charge in [0.2, 0.25) is 0 Å². The number of fused-ring (bicyclic) bond motifs is 1. The SMILES string of the molecule is CCN(Cc1cc(Br)cc2c1OCC2)C1CCNCC1. The van der Waals surface area contributed by atoms with Gasteiger partial charge >= 0.3 is 0 Å². The summed E-state index contributed by atoms with van der Waals surface area (Å²) in [7, 11) is 0. The fraction of sp³-hybridized carbons (Fsp3) is 0.625. The molecule has 3 rings (SSSR count). The average molecular weight is 339 g/mol. The molecule has 2 heterocycles. The van der Waals surface area contributed by atoms with Gasteiger partial charge in [-0.05, 0) is 50.2 Å². The summed E-state index contributed by atoms with van der Waals surface area (Å²) in [6.45, 7) is 7.50. The summed E-state index contributed by atoms with van der Waals surface area (Å²) in [5.41, 5.74) is 2.70. The van der Waals surface area contributed by atoms with Gasteiger partial charge in [-0.3, -0.25) is 4.90 Å². The summed E-state index contributed by atoms with van der Waals surface area (Å²) in [4.78, 5) is 2.60. The van der Waals surface area contributed by atoms with Gasteiger partial charge in [0, 0.05) is 29.0 Å². The van der Waals surface area contributed by atoms with Gasteiger partial charge in [0.15, 0.2) is 0 Å². The molecule has 0 aliphatic carbocycles. The van der Waals surface area contributed by atoms with Crippen LogP contribution in [-0.2, 0) is 13.0 Å². The smallest absolute Gasteiger partial charge is 0.127 e. The van der Waals surface area contributed by atoms with Crippen LogP contribution in [0.1, 0.15) is 30.9 Å². The molecule has 1 fully saturated rings. The third kappa shape index (κ3) is 3.02. The average Bonchev–Trinajstić information content (AvgIpc) is 2.93. The Bertz CT molecular complexity index is 472. The van der Waals surface area contributed by atoms with E-state index in [4.69, 9.17) is 4.74 Å². The zero-order valence-corrected chi connectivity index (χ0v) is 13.7. The number of rotatable bonds is 4. The Morgan fingerprint density at radius 1 is 1.35 bits per heavy atom. The van der Waals surface area contributed by atoms with Crippen molar-refractivity contribution >= 4 is 15.9 Å². The zero-order valence-electron chi connectivity index (χ0n) is 12.1. The number of piperidine rings is 1. The van der Waals surface area contributed by atoms with Crippen molar-refractivity contribution in [2.45, 2.75) is 38.8 Å². The fourth-order valence-corrected chi connectivity index (χ4v) is 3.91. The number of nitrogens with zero attached hydrogens (tertiary/aromatic N) is 1. The molecule has 20 heavy (non-hydrogen) atoms. The first kappa shape index (κ1) is 14.4. The standard InChI is InChI=1S/C16H23BrN2O/c1-2-19(15-3-6-18-7-4-15)11-13-10-14(17)9-12-5-8-20-16(12)13/h9-10,15,18H,2-8,11H2,1H3. The minimum atomic E-state index is 0.706. The van der Waals surface area contributed by atoms with Crippen LogP contribution in [0, 0.1) is 0 Å². The number of hydrogen-bond donors (Lipinski definition) is 1. The van der Waals surface area contributed by atoms with Gasteiger partial charge in [0.1, 0.15) is 5.75 Å². The van der Waals surface area contributed by atoms with Crippen molar-refractivity contribution in [2.24, 2.45) is 0 Å². The van der Waals surface area contributed by atoms with Crippen LogP contribution in [0.5, 0.6) is 5.75 Å². The predicted octanol–water partition coefficient (Wildman–Crippen LogP) is 2.96. The number of hydrogen-bond acceptors (Lipinski definition) is 3. The molecule has 0 saturated carbocycles. The summed E-state index contributed by atoms with van der Waals surface area (Å²) < 4.78 is 7.04. The quantitative estimate of drug-likeness (QED) is 0.913. The van der Waals surface area contributed by atoms with Crippen molar-refractivity contribution in [2.75, 3.05) is 26.2 Å². The molecule has 1 aromatic carbocycles. The second-order valence-electron chi connectivity index (χ2n) is 5.70. The normalized spacial score (nSPS) is 19.1. The Labute approximate surface area is 129 Å². The Balaban J connectivity index is 1.78. The first-order valence-electron chi connectivity index (χ1n) is 7.66. The third-order valence-corrected chi connectivity index (χ3v) is 4.89. The van der Waals surface area contributed by atoms with Gasteiger partial charge in [0.25, 0.3) is 0 Å². The molecule has 1 aromatic rings. The van der Waals surface area contributed by atoms with E-state index in [2.05, 4.69) is 45.2 Å². The van der Waals surface area contributed by atoms with Crippen LogP contribution in [0.2, 0.25) is 0 Å². The second-order valence-corrected chi connectivity index (χ2v) is 6.61. The highest BCUT2D eigenvalue weighted by Crippen LogP contribution is 2.34. The summed E-state index contributed by atoms with van der Waals surface area (Å²) in [5, 5.41) is 3.45. The molecule has 0 unspecified atom stereocenters. The molecule has 4 heteroatoms. The highest BCUT2D eigenvalue weighted by atomic mass is 79.9. The van der Waals surface area contributed by atoms with Crippen LogP contribution in [-0.4, -0.2) is 37.2 Å². The Hall–Kier alpha value is -0.580. The van der Waals surface area contributed by atoms with Crippen molar-refractivity contribution in [3.05, 3.63) is 27.7 Å². The molecule has 0 radical (unpaired) electrons. The maximum absolute atomic E-state index is 5.86. The first-order valence-corrected chi connectivity index (χ1v) is 8.46. The molecule has 3 nitrogen and oxygen atoms in total. The van der Waals surface area contributed by atoms with Crippen LogP contribution < -0.4 is 10.1 Å². The van der Waals surface area contributed by atoms with Crippen molar-refractivity contribution in [3.63, 3.8) is 0 Å². The lowest BCUT2D eigenvalue weighted by atomic mass is 10.0. The van der Waals surface area contributed by atoms with Crippen LogP contribution >= 0.6 is 15.9 Å². The first-order chi connectivity index (χ1) is 9.78. The molecule has 0 bridgehead atoms. The number of nitrogens with one attached hydrogen (secondary N) is 1. The summed E-state index contributed by atoms with van der Waals surface area (Å²) in [6.07, 6.45) is 3.55. The van der Waals surface area contributed by atoms with Gasteiger partial charge in [-0.2, -0.15) is 0 Å². The van der Waals surface area contributed by atoms with Gasteiger partial charge in [0.05, 0.1) is 6.61 Å². The van der Waals surface area contributed by atoms with E-state index in [-0.39, 0.29) is 0 Å². The van der Waals surface area contributed by atoms with Crippen molar-refractivity contribution in [1.29, 1.82) is 0 Å². The molecule has 1 saturated heterocycles. The van der Waals surface area contributed by atoms with Crippen LogP contribution in [0.3, 0.4) is 0 Å². The molecule has 0 aromatic heterocycles. The van der Waals surface area contributed by atoms with E-state index >= 15 is 0 Å². The molecule has 0 spiro atoms. The van der Waals surface area contributed by atoms with E-state index in [1.54, 1.807) is 0 Å². The largest absolute Gasteiger partial charge is 0.493 e. The third-order valence-electron chi connectivity index (χ3n) is 4.43. The van der Waals surface area contributed by atoms with E-state index in [9.17, 15) is 0 Å². The highest BCUT2D eigenvalue weighted by molar-refractivity contribution is 9.10. The fourth-order valence-electron chi connectivity index (χ4n) is 3.35. The number of benzene rings is 1. The topological polar surface area (TPSA) is 24.5 Å². The van der Waals surface area contributed by atoms with Gasteiger partial charge in [-0.15, -0.1) is 0 Å². The van der Waals surface area contributed by atoms with Crippen molar-refractivity contribution in [3.8, 4) is 5.75 Å². The minimum Gasteiger partial charge on any atom is -0.493 e. The Kier molecular flexibility index (Phi) is 4.64. The van der Waals surface area contributed by atoms with Gasteiger partial charge < -0.3 is 10.1 Å². The Morgan fingerprint density at radius 3 is 2.90 bits per heavy atom. The van der Waals surface area contributed by atoms with E-state index in [1.807, 2.05) is 0 Å². The number of ether oxygens (including phenoxy) is 1. The molecule has 1 N–H and O–H groups in total. The molecule has 0 atom stereocenters. The Morgan fingerprint density at radius 2 is 2.15 bits per heavy atom. The summed E-state index contributed by atoms with van der Waals surface area (Å²) >= 11 is 3.64. The zero-order chi connectivity index (χ0) is 13.9. The summed E-state index contributed by atoms with van der Waals surface area (Å²) in [6, 6.07) is 5.14. The molecule has 0 amide bonds. The maximum Gasteiger partial charge on any atom is 0.127 e. The lowest BCUT2D eigenvalue weighted by molar-refractivity contribution is 0.160. The molecule has 110 valence electrons. The van der Waals surface area contributed by atoms with Crippen LogP contribution in [0.25, 0.3) is 0 Å². The maximum atomic E-state index is 5.86. The second kappa shape index (κ2) is 6.46. The highest BCUT2D eigenvalue weighted by Gasteiger charge is 2.23. The lowest BCUT2D eigenvalue weighted by Gasteiger charge is -2.34. The van der Waals surface area contributed by atoms with Gasteiger partial charge in [-0.25, -0.2) is 0 Å². The molecule has 2 aliphatic heterocycles. The van der Waals surface area contributed by atoms with E-state index in [1.165, 1.54) is 28.4 Å². The molecular weight excluding hydrogens is 316 g/mol. The van der Waals surface area contributed by atoms with Crippen molar-refractivity contribution in [1.82, 2.24) is 10.2 Å². The lowest BCUT2D eigenvalue weighted by Crippen LogP contribution is -2.42. The van der Waals surface area contributed by atoms with Crippen LogP contribution in [0.15, 0.2) is 16.6 Å². The predicted molar refractivity (Wildman–Crippen MR) is 85.3 cm³/mol. The van der Waals surface area contributed by atoms with Crippen molar-refractivity contribution < 1.29 is 4.74 Å². The van der Waals surface area contributed by atoms with Crippen LogP contribution in [0.4, 0.5) is 0 Å². The van der Waals surface area contributed by atoms with E-state index in [0.29, 0.717) is 6.04 Å². The molecular formula is C16H23BrN2O. The molecule has 2 aliphatic rings. The monoisotopic (exact) mass is 338 g/mol. The van der Waals surface area contributed by atoms with Gasteiger partial charge in [-0.1, -0.05) is 22.9 Å². The van der Waals surface area contributed by atoms with E-state index < -0.39 is 0 Å². The number of halogens is 1. The van der Waals surface area contributed by atoms with E-state index in [0.717, 1.165) is 45.0 Å². The minimum absolute atomic E-state index is 0.706.